The Balaban J connectivity index is 2.38. The van der Waals surface area contributed by atoms with Crippen molar-refractivity contribution in [2.45, 2.75) is 6.36 Å². The molecule has 0 radical (unpaired) electrons. The first-order valence-corrected chi connectivity index (χ1v) is 5.34. The summed E-state index contributed by atoms with van der Waals surface area (Å²) in [6.07, 6.45) is -1.65. The molecule has 100 valence electrons. The average molecular weight is 269 g/mol. The van der Waals surface area contributed by atoms with Crippen LogP contribution in [0.4, 0.5) is 13.2 Å². The third-order valence-corrected chi connectivity index (χ3v) is 2.38. The fourth-order valence-corrected chi connectivity index (χ4v) is 1.64. The van der Waals surface area contributed by atoms with E-state index in [4.69, 9.17) is 4.74 Å². The van der Waals surface area contributed by atoms with Crippen LogP contribution < -0.4 is 9.47 Å². The molecule has 2 aromatic rings. The van der Waals surface area contributed by atoms with E-state index in [0.717, 1.165) is 0 Å². The molecule has 6 heteroatoms. The van der Waals surface area contributed by atoms with Gasteiger partial charge in [0.25, 0.3) is 0 Å². The van der Waals surface area contributed by atoms with Gasteiger partial charge in [-0.2, -0.15) is 0 Å². The molecule has 1 heterocycles. The van der Waals surface area contributed by atoms with E-state index in [2.05, 4.69) is 9.72 Å². The molecule has 0 amide bonds. The molecule has 0 aliphatic heterocycles. The van der Waals surface area contributed by atoms with Crippen molar-refractivity contribution in [2.24, 2.45) is 0 Å². The minimum atomic E-state index is -4.71. The van der Waals surface area contributed by atoms with E-state index in [9.17, 15) is 13.2 Å². The van der Waals surface area contributed by atoms with Crippen molar-refractivity contribution in [3.63, 3.8) is 0 Å². The van der Waals surface area contributed by atoms with Gasteiger partial charge in [-0.1, -0.05) is 12.1 Å². The van der Waals surface area contributed by atoms with Gasteiger partial charge in [0.15, 0.2) is 0 Å². The molecule has 3 nitrogen and oxygen atoms in total. The smallest absolute Gasteiger partial charge is 0.496 e. The van der Waals surface area contributed by atoms with Gasteiger partial charge in [-0.15, -0.1) is 13.2 Å². The first-order chi connectivity index (χ1) is 8.99. The number of methoxy groups -OCH3 is 1. The number of hydrogen-bond donors (Lipinski definition) is 0. The van der Waals surface area contributed by atoms with Crippen molar-refractivity contribution >= 4 is 0 Å². The van der Waals surface area contributed by atoms with Crippen LogP contribution in [0.3, 0.4) is 0 Å². The first-order valence-electron chi connectivity index (χ1n) is 5.34. The minimum absolute atomic E-state index is 0.282. The second-order valence-electron chi connectivity index (χ2n) is 3.65. The lowest BCUT2D eigenvalue weighted by molar-refractivity contribution is -0.274. The zero-order chi connectivity index (χ0) is 13.9. The molecule has 0 fully saturated rings. The predicted octanol–water partition coefficient (Wildman–Crippen LogP) is 3.66. The molecule has 0 bridgehead atoms. The van der Waals surface area contributed by atoms with Crippen LogP contribution in [-0.2, 0) is 0 Å². The van der Waals surface area contributed by atoms with Crippen LogP contribution in [0.5, 0.6) is 11.5 Å². The summed E-state index contributed by atoms with van der Waals surface area (Å²) in [6.45, 7) is 0. The van der Waals surface area contributed by atoms with Gasteiger partial charge >= 0.3 is 6.36 Å². The van der Waals surface area contributed by atoms with Crippen molar-refractivity contribution < 1.29 is 22.6 Å². The summed E-state index contributed by atoms with van der Waals surface area (Å²) >= 11 is 0. The van der Waals surface area contributed by atoms with E-state index in [1.807, 2.05) is 0 Å². The fourth-order valence-electron chi connectivity index (χ4n) is 1.64. The second kappa shape index (κ2) is 5.17. The Morgan fingerprint density at radius 2 is 1.95 bits per heavy atom. The van der Waals surface area contributed by atoms with Gasteiger partial charge in [0.2, 0.25) is 0 Å². The van der Waals surface area contributed by atoms with Crippen LogP contribution in [0.25, 0.3) is 11.1 Å². The molecule has 0 unspecified atom stereocenters. The molecule has 19 heavy (non-hydrogen) atoms. The lowest BCUT2D eigenvalue weighted by atomic mass is 10.1. The predicted molar refractivity (Wildman–Crippen MR) is 62.9 cm³/mol. The van der Waals surface area contributed by atoms with Crippen molar-refractivity contribution in [3.8, 4) is 22.6 Å². The molecule has 0 atom stereocenters. The zero-order valence-electron chi connectivity index (χ0n) is 9.94. The maximum atomic E-state index is 12.2. The fraction of sp³-hybridized carbons (Fsp3) is 0.154. The average Bonchev–Trinajstić information content (AvgIpc) is 2.37. The van der Waals surface area contributed by atoms with Crippen LogP contribution in [0, 0.1) is 0 Å². The maximum absolute atomic E-state index is 12.2. The summed E-state index contributed by atoms with van der Waals surface area (Å²) in [4.78, 5) is 3.93. The van der Waals surface area contributed by atoms with E-state index in [-0.39, 0.29) is 5.75 Å². The lowest BCUT2D eigenvalue weighted by Crippen LogP contribution is -2.17. The molecule has 0 spiro atoms. The highest BCUT2D eigenvalue weighted by molar-refractivity contribution is 5.70. The Bertz CT molecular complexity index is 570. The second-order valence-corrected chi connectivity index (χ2v) is 3.65. The normalized spacial score (nSPS) is 11.2. The van der Waals surface area contributed by atoms with E-state index in [0.29, 0.717) is 16.9 Å². The van der Waals surface area contributed by atoms with Crippen molar-refractivity contribution in [1.29, 1.82) is 0 Å². The third-order valence-electron chi connectivity index (χ3n) is 2.38. The highest BCUT2D eigenvalue weighted by Gasteiger charge is 2.31. The zero-order valence-corrected chi connectivity index (χ0v) is 9.94. The Morgan fingerprint density at radius 1 is 1.16 bits per heavy atom. The Morgan fingerprint density at radius 3 is 2.63 bits per heavy atom. The van der Waals surface area contributed by atoms with Gasteiger partial charge in [-0.05, 0) is 23.8 Å². The van der Waals surface area contributed by atoms with Crippen LogP contribution in [0.2, 0.25) is 0 Å². The summed E-state index contributed by atoms with van der Waals surface area (Å²) in [5.74, 6) is 0.245. The standard InChI is InChI=1S/C13H10F3NO2/c1-18-12-5-6-17-8-11(12)9-3-2-4-10(7-9)19-13(14,15)16/h2-8H,1H3. The van der Waals surface area contributed by atoms with Gasteiger partial charge < -0.3 is 9.47 Å². The Labute approximate surface area is 107 Å². The van der Waals surface area contributed by atoms with Crippen LogP contribution in [-0.4, -0.2) is 18.5 Å². The molecule has 0 aliphatic rings. The van der Waals surface area contributed by atoms with Gasteiger partial charge in [-0.3, -0.25) is 4.98 Å². The summed E-state index contributed by atoms with van der Waals surface area (Å²) in [5.41, 5.74) is 1.13. The molecule has 2 rings (SSSR count). The van der Waals surface area contributed by atoms with Crippen molar-refractivity contribution in [2.75, 3.05) is 7.11 Å². The molecule has 0 saturated heterocycles. The van der Waals surface area contributed by atoms with Crippen molar-refractivity contribution in [1.82, 2.24) is 4.98 Å². The third kappa shape index (κ3) is 3.37. The number of alkyl halides is 3. The molecule has 0 N–H and O–H groups in total. The SMILES string of the molecule is COc1ccncc1-c1cccc(OC(F)(F)F)c1. The molecular weight excluding hydrogens is 259 g/mol. The number of ether oxygens (including phenoxy) is 2. The molecule has 1 aromatic carbocycles. The monoisotopic (exact) mass is 269 g/mol. The quantitative estimate of drug-likeness (QED) is 0.852. The first kappa shape index (κ1) is 13.2. The van der Waals surface area contributed by atoms with Crippen LogP contribution in [0.1, 0.15) is 0 Å². The number of benzene rings is 1. The van der Waals surface area contributed by atoms with E-state index < -0.39 is 6.36 Å². The van der Waals surface area contributed by atoms with E-state index >= 15 is 0 Å². The van der Waals surface area contributed by atoms with Gasteiger partial charge in [-0.25, -0.2) is 0 Å². The summed E-state index contributed by atoms with van der Waals surface area (Å²) < 4.78 is 45.5. The summed E-state index contributed by atoms with van der Waals surface area (Å²) in [6, 6.07) is 7.28. The Kier molecular flexibility index (Phi) is 3.59. The molecule has 0 saturated carbocycles. The minimum Gasteiger partial charge on any atom is -0.496 e. The largest absolute Gasteiger partial charge is 0.573 e. The number of halogens is 3. The summed E-state index contributed by atoms with van der Waals surface area (Å²) in [5, 5.41) is 0. The summed E-state index contributed by atoms with van der Waals surface area (Å²) in [7, 11) is 1.48. The van der Waals surface area contributed by atoms with Gasteiger partial charge in [0.1, 0.15) is 11.5 Å². The number of hydrogen-bond acceptors (Lipinski definition) is 3. The van der Waals surface area contributed by atoms with Gasteiger partial charge in [0, 0.05) is 18.0 Å². The maximum Gasteiger partial charge on any atom is 0.573 e. The number of nitrogens with zero attached hydrogens (tertiary/aromatic N) is 1. The van der Waals surface area contributed by atoms with Crippen molar-refractivity contribution in [3.05, 3.63) is 42.7 Å². The molecular formula is C13H10F3NO2. The van der Waals surface area contributed by atoms with Crippen LogP contribution in [0.15, 0.2) is 42.7 Å². The highest BCUT2D eigenvalue weighted by Crippen LogP contribution is 2.32. The molecule has 0 aliphatic carbocycles. The van der Waals surface area contributed by atoms with E-state index in [1.54, 1.807) is 18.3 Å². The number of aromatic nitrogens is 1. The van der Waals surface area contributed by atoms with Crippen LogP contribution >= 0.6 is 0 Å². The lowest BCUT2D eigenvalue weighted by Gasteiger charge is -2.11. The topological polar surface area (TPSA) is 31.4 Å². The number of pyridine rings is 1. The van der Waals surface area contributed by atoms with E-state index in [1.165, 1.54) is 31.5 Å². The highest BCUT2D eigenvalue weighted by atomic mass is 19.4. The number of rotatable bonds is 3. The van der Waals surface area contributed by atoms with Gasteiger partial charge in [0.05, 0.1) is 7.11 Å². The Hall–Kier alpha value is -2.24. The molecule has 1 aromatic heterocycles.